The van der Waals surface area contributed by atoms with Crippen LogP contribution in [0.1, 0.15) is 5.56 Å². The molecule has 0 spiro atoms. The van der Waals surface area contributed by atoms with Gasteiger partial charge >= 0.3 is 0 Å². The number of nitrogens with one attached hydrogen (secondary N) is 2. The molecule has 1 aromatic carbocycles. The van der Waals surface area contributed by atoms with Crippen molar-refractivity contribution in [1.29, 1.82) is 0 Å². The molecule has 0 bridgehead atoms. The number of aromatic amines is 1. The van der Waals surface area contributed by atoms with Crippen molar-refractivity contribution in [1.82, 2.24) is 19.9 Å². The van der Waals surface area contributed by atoms with E-state index in [2.05, 4.69) is 25.3 Å². The van der Waals surface area contributed by atoms with E-state index < -0.39 is 6.08 Å². The van der Waals surface area contributed by atoms with Crippen LogP contribution in [0.25, 0.3) is 11.2 Å². The zero-order valence-corrected chi connectivity index (χ0v) is 10.8. The van der Waals surface area contributed by atoms with Crippen LogP contribution in [0.4, 0.5) is 10.3 Å². The van der Waals surface area contributed by atoms with Crippen molar-refractivity contribution >= 4 is 17.1 Å². The lowest BCUT2D eigenvalue weighted by molar-refractivity contribution is 0.403. The number of phenolic OH excluding ortho intramolecular Hbond substituents is 2. The monoisotopic (exact) mass is 289 g/mol. The maximum Gasteiger partial charge on any atom is 0.289 e. The van der Waals surface area contributed by atoms with Gasteiger partial charge in [-0.15, -0.1) is 0 Å². The minimum Gasteiger partial charge on any atom is -0.504 e. The van der Waals surface area contributed by atoms with Gasteiger partial charge in [-0.05, 0) is 24.1 Å². The summed E-state index contributed by atoms with van der Waals surface area (Å²) in [7, 11) is 0. The number of nitrogens with zero attached hydrogens (tertiary/aromatic N) is 3. The predicted octanol–water partition coefficient (Wildman–Crippen LogP) is 1.56. The van der Waals surface area contributed by atoms with E-state index in [0.29, 0.717) is 24.4 Å². The zero-order valence-electron chi connectivity index (χ0n) is 10.8. The molecule has 0 saturated carbocycles. The Morgan fingerprint density at radius 3 is 2.86 bits per heavy atom. The summed E-state index contributed by atoms with van der Waals surface area (Å²) in [5.74, 6) is 0.0372. The highest BCUT2D eigenvalue weighted by Crippen LogP contribution is 2.24. The number of benzene rings is 1. The number of aromatic nitrogens is 4. The Labute approximate surface area is 118 Å². The molecule has 21 heavy (non-hydrogen) atoms. The maximum absolute atomic E-state index is 12.9. The van der Waals surface area contributed by atoms with Gasteiger partial charge in [-0.3, -0.25) is 0 Å². The molecular formula is C13H12FN5O2. The Hall–Kier alpha value is -2.90. The van der Waals surface area contributed by atoms with Crippen molar-refractivity contribution < 1.29 is 14.6 Å². The molecule has 3 rings (SSSR count). The second-order valence-corrected chi connectivity index (χ2v) is 4.46. The van der Waals surface area contributed by atoms with Crippen LogP contribution in [0.5, 0.6) is 11.5 Å². The van der Waals surface area contributed by atoms with Gasteiger partial charge in [0.15, 0.2) is 17.1 Å². The SMILES string of the molecule is Oc1ccc(CCNc2ncc3[nH]c(F)nc3n2)cc1O. The number of aromatic hydroxyl groups is 2. The molecule has 0 saturated heterocycles. The van der Waals surface area contributed by atoms with Gasteiger partial charge in [0.05, 0.1) is 6.20 Å². The third kappa shape index (κ3) is 2.83. The fourth-order valence-electron chi connectivity index (χ4n) is 1.91. The quantitative estimate of drug-likeness (QED) is 0.429. The second kappa shape index (κ2) is 5.23. The number of hydrogen-bond donors (Lipinski definition) is 4. The third-order valence-electron chi connectivity index (χ3n) is 2.95. The molecule has 2 aromatic heterocycles. The molecule has 0 aliphatic carbocycles. The number of halogens is 1. The van der Waals surface area contributed by atoms with Crippen molar-refractivity contribution in [3.8, 4) is 11.5 Å². The van der Waals surface area contributed by atoms with Crippen molar-refractivity contribution in [2.75, 3.05) is 11.9 Å². The fraction of sp³-hybridized carbons (Fsp3) is 0.154. The van der Waals surface area contributed by atoms with E-state index in [4.69, 9.17) is 0 Å². The maximum atomic E-state index is 12.9. The van der Waals surface area contributed by atoms with Crippen LogP contribution in [0.15, 0.2) is 24.4 Å². The summed E-state index contributed by atoms with van der Waals surface area (Å²) in [6, 6.07) is 4.63. The number of rotatable bonds is 4. The first kappa shape index (κ1) is 13.1. The van der Waals surface area contributed by atoms with Crippen LogP contribution in [0.3, 0.4) is 0 Å². The molecule has 3 aromatic rings. The Kier molecular flexibility index (Phi) is 3.27. The average molecular weight is 289 g/mol. The molecular weight excluding hydrogens is 277 g/mol. The van der Waals surface area contributed by atoms with Crippen LogP contribution in [-0.4, -0.2) is 36.7 Å². The number of fused-ring (bicyclic) bond motifs is 1. The van der Waals surface area contributed by atoms with E-state index in [1.165, 1.54) is 18.3 Å². The molecule has 0 atom stereocenters. The van der Waals surface area contributed by atoms with Crippen LogP contribution < -0.4 is 5.32 Å². The van der Waals surface area contributed by atoms with Gasteiger partial charge in [-0.1, -0.05) is 6.07 Å². The van der Waals surface area contributed by atoms with Crippen molar-refractivity contribution in [3.05, 3.63) is 36.0 Å². The van der Waals surface area contributed by atoms with Gasteiger partial charge in [-0.2, -0.15) is 14.4 Å². The molecule has 2 heterocycles. The molecule has 0 aliphatic rings. The third-order valence-corrected chi connectivity index (χ3v) is 2.95. The lowest BCUT2D eigenvalue weighted by Gasteiger charge is -2.05. The summed E-state index contributed by atoms with van der Waals surface area (Å²) in [4.78, 5) is 14.1. The van der Waals surface area contributed by atoms with E-state index in [9.17, 15) is 14.6 Å². The first-order valence-corrected chi connectivity index (χ1v) is 6.25. The molecule has 108 valence electrons. The van der Waals surface area contributed by atoms with Gasteiger partial charge in [0.2, 0.25) is 5.95 Å². The highest BCUT2D eigenvalue weighted by atomic mass is 19.1. The van der Waals surface area contributed by atoms with Gasteiger partial charge < -0.3 is 20.5 Å². The van der Waals surface area contributed by atoms with Gasteiger partial charge in [-0.25, -0.2) is 4.98 Å². The number of anilines is 1. The zero-order chi connectivity index (χ0) is 14.8. The molecule has 0 amide bonds. The highest BCUT2D eigenvalue weighted by Gasteiger charge is 2.05. The molecule has 0 unspecified atom stereocenters. The minimum atomic E-state index is -0.698. The first-order valence-electron chi connectivity index (χ1n) is 6.25. The summed E-state index contributed by atoms with van der Waals surface area (Å²) >= 11 is 0. The predicted molar refractivity (Wildman–Crippen MR) is 73.6 cm³/mol. The highest BCUT2D eigenvalue weighted by molar-refractivity contribution is 5.69. The van der Waals surface area contributed by atoms with Crippen LogP contribution in [0, 0.1) is 6.08 Å². The number of imidazole rings is 1. The number of hydrogen-bond acceptors (Lipinski definition) is 6. The average Bonchev–Trinajstić information content (AvgIpc) is 2.82. The smallest absolute Gasteiger partial charge is 0.289 e. The molecule has 4 N–H and O–H groups in total. The van der Waals surface area contributed by atoms with Gasteiger partial charge in [0.1, 0.15) is 5.52 Å². The summed E-state index contributed by atoms with van der Waals surface area (Å²) in [5, 5.41) is 21.6. The molecule has 0 radical (unpaired) electrons. The largest absolute Gasteiger partial charge is 0.504 e. The molecule has 8 heteroatoms. The van der Waals surface area contributed by atoms with E-state index in [1.54, 1.807) is 6.07 Å². The lowest BCUT2D eigenvalue weighted by Crippen LogP contribution is -2.07. The van der Waals surface area contributed by atoms with E-state index >= 15 is 0 Å². The Balaban J connectivity index is 1.64. The molecule has 7 nitrogen and oxygen atoms in total. The second-order valence-electron chi connectivity index (χ2n) is 4.46. The lowest BCUT2D eigenvalue weighted by atomic mass is 10.1. The van der Waals surface area contributed by atoms with Gasteiger partial charge in [0, 0.05) is 6.54 Å². The first-order chi connectivity index (χ1) is 10.1. The fourth-order valence-corrected chi connectivity index (χ4v) is 1.91. The minimum absolute atomic E-state index is 0.152. The van der Waals surface area contributed by atoms with Gasteiger partial charge in [0.25, 0.3) is 6.08 Å². The van der Waals surface area contributed by atoms with Crippen LogP contribution in [0.2, 0.25) is 0 Å². The molecule has 0 aliphatic heterocycles. The van der Waals surface area contributed by atoms with Crippen molar-refractivity contribution in [2.45, 2.75) is 6.42 Å². The Bertz CT molecular complexity index is 789. The summed E-state index contributed by atoms with van der Waals surface area (Å²) < 4.78 is 12.9. The van der Waals surface area contributed by atoms with E-state index in [0.717, 1.165) is 5.56 Å². The normalized spacial score (nSPS) is 10.9. The van der Waals surface area contributed by atoms with E-state index in [1.807, 2.05) is 0 Å². The standard InChI is InChI=1S/C13H12FN5O2/c14-12-17-8-6-16-13(19-11(8)18-12)15-4-3-7-1-2-9(20)10(21)5-7/h1-2,5-6,20-21H,3-4H2,(H2,15,16,17,18,19). The van der Waals surface area contributed by atoms with Crippen LogP contribution in [-0.2, 0) is 6.42 Å². The summed E-state index contributed by atoms with van der Waals surface area (Å²) in [6.45, 7) is 0.516. The number of H-pyrrole nitrogens is 1. The van der Waals surface area contributed by atoms with E-state index in [-0.39, 0.29) is 17.1 Å². The number of phenols is 2. The summed E-state index contributed by atoms with van der Waals surface area (Å²) in [5.41, 5.74) is 1.54. The van der Waals surface area contributed by atoms with Crippen LogP contribution >= 0.6 is 0 Å². The Morgan fingerprint density at radius 1 is 1.19 bits per heavy atom. The van der Waals surface area contributed by atoms with Crippen molar-refractivity contribution in [2.24, 2.45) is 0 Å². The molecule has 0 fully saturated rings. The summed E-state index contributed by atoms with van der Waals surface area (Å²) in [6.07, 6.45) is 1.35. The Morgan fingerprint density at radius 2 is 2.05 bits per heavy atom. The topological polar surface area (TPSA) is 107 Å². The van der Waals surface area contributed by atoms with Crippen molar-refractivity contribution in [3.63, 3.8) is 0 Å².